The SMILES string of the molecule is OCCCCCCOC1CCCCC/C=C/1Br. The molecule has 0 fully saturated rings. The lowest BCUT2D eigenvalue weighted by Gasteiger charge is -2.19. The van der Waals surface area contributed by atoms with Crippen molar-refractivity contribution >= 4 is 15.9 Å². The van der Waals surface area contributed by atoms with Crippen molar-refractivity contribution in [1.29, 1.82) is 0 Å². The molecule has 2 nitrogen and oxygen atoms in total. The van der Waals surface area contributed by atoms with Crippen molar-refractivity contribution in [3.63, 3.8) is 0 Å². The molecule has 1 N–H and O–H groups in total. The standard InChI is InChI=1S/C14H25BrO2/c15-13-9-5-1-2-6-10-14(13)17-12-8-4-3-7-11-16/h9,14,16H,1-8,10-12H2/b13-9-. The van der Waals surface area contributed by atoms with Crippen LogP contribution in [0.4, 0.5) is 0 Å². The molecule has 17 heavy (non-hydrogen) atoms. The highest BCUT2D eigenvalue weighted by molar-refractivity contribution is 9.11. The van der Waals surface area contributed by atoms with Crippen LogP contribution in [0.15, 0.2) is 10.6 Å². The summed E-state index contributed by atoms with van der Waals surface area (Å²) in [4.78, 5) is 0. The quantitative estimate of drug-likeness (QED) is 0.715. The number of hydrogen-bond donors (Lipinski definition) is 1. The van der Waals surface area contributed by atoms with Gasteiger partial charge in [0.1, 0.15) is 0 Å². The number of halogens is 1. The van der Waals surface area contributed by atoms with Gasteiger partial charge in [-0.2, -0.15) is 0 Å². The highest BCUT2D eigenvalue weighted by Crippen LogP contribution is 2.24. The molecule has 0 saturated heterocycles. The fourth-order valence-electron chi connectivity index (χ4n) is 2.12. The first-order valence-corrected chi connectivity index (χ1v) is 7.72. The molecular weight excluding hydrogens is 280 g/mol. The van der Waals surface area contributed by atoms with Gasteiger partial charge < -0.3 is 9.84 Å². The van der Waals surface area contributed by atoms with Gasteiger partial charge in [0.05, 0.1) is 6.10 Å². The first kappa shape index (κ1) is 15.2. The van der Waals surface area contributed by atoms with E-state index < -0.39 is 0 Å². The van der Waals surface area contributed by atoms with E-state index in [9.17, 15) is 0 Å². The lowest BCUT2D eigenvalue weighted by Crippen LogP contribution is -2.15. The molecule has 0 aromatic rings. The van der Waals surface area contributed by atoms with Crippen LogP contribution in [0.25, 0.3) is 0 Å². The van der Waals surface area contributed by atoms with Crippen LogP contribution in [0.2, 0.25) is 0 Å². The second-order valence-corrected chi connectivity index (χ2v) is 5.64. The predicted octanol–water partition coefficient (Wildman–Crippen LogP) is 4.17. The lowest BCUT2D eigenvalue weighted by molar-refractivity contribution is 0.0714. The smallest absolute Gasteiger partial charge is 0.0886 e. The van der Waals surface area contributed by atoms with Crippen LogP contribution < -0.4 is 0 Å². The average molecular weight is 305 g/mol. The zero-order valence-electron chi connectivity index (χ0n) is 10.7. The van der Waals surface area contributed by atoms with Crippen molar-refractivity contribution in [3.8, 4) is 0 Å². The van der Waals surface area contributed by atoms with Gasteiger partial charge in [-0.1, -0.05) is 47.7 Å². The summed E-state index contributed by atoms with van der Waals surface area (Å²) in [7, 11) is 0. The molecule has 1 aliphatic rings. The third-order valence-corrected chi connectivity index (χ3v) is 4.02. The van der Waals surface area contributed by atoms with Gasteiger partial charge in [-0.15, -0.1) is 0 Å². The van der Waals surface area contributed by atoms with Crippen LogP contribution in [-0.4, -0.2) is 24.4 Å². The number of aliphatic hydroxyl groups is 1. The monoisotopic (exact) mass is 304 g/mol. The fraction of sp³-hybridized carbons (Fsp3) is 0.857. The lowest BCUT2D eigenvalue weighted by atomic mass is 10.0. The minimum absolute atomic E-state index is 0.285. The molecule has 0 radical (unpaired) electrons. The predicted molar refractivity (Wildman–Crippen MR) is 75.4 cm³/mol. The van der Waals surface area contributed by atoms with Crippen LogP contribution in [0.1, 0.15) is 57.8 Å². The fourth-order valence-corrected chi connectivity index (χ4v) is 2.71. The summed E-state index contributed by atoms with van der Waals surface area (Å²) in [6, 6.07) is 0. The second-order valence-electron chi connectivity index (χ2n) is 4.72. The van der Waals surface area contributed by atoms with E-state index >= 15 is 0 Å². The van der Waals surface area contributed by atoms with Crippen molar-refractivity contribution in [2.45, 2.75) is 63.9 Å². The molecule has 3 heteroatoms. The number of unbranched alkanes of at least 4 members (excludes halogenated alkanes) is 3. The molecular formula is C14H25BrO2. The minimum atomic E-state index is 0.285. The van der Waals surface area contributed by atoms with Gasteiger partial charge in [0.15, 0.2) is 0 Å². The van der Waals surface area contributed by atoms with E-state index in [2.05, 4.69) is 22.0 Å². The Hall–Kier alpha value is 0.140. The first-order chi connectivity index (χ1) is 8.34. The van der Waals surface area contributed by atoms with Crippen LogP contribution in [0.5, 0.6) is 0 Å². The summed E-state index contributed by atoms with van der Waals surface area (Å²) in [5.41, 5.74) is 0. The third-order valence-electron chi connectivity index (χ3n) is 3.19. The highest BCUT2D eigenvalue weighted by Gasteiger charge is 2.13. The molecule has 0 aliphatic heterocycles. The zero-order valence-corrected chi connectivity index (χ0v) is 12.3. The van der Waals surface area contributed by atoms with Gasteiger partial charge in [-0.25, -0.2) is 0 Å². The largest absolute Gasteiger partial charge is 0.396 e. The van der Waals surface area contributed by atoms with Crippen LogP contribution in [-0.2, 0) is 4.74 Å². The highest BCUT2D eigenvalue weighted by atomic mass is 79.9. The molecule has 100 valence electrons. The van der Waals surface area contributed by atoms with E-state index in [-0.39, 0.29) is 6.10 Å². The Bertz CT molecular complexity index is 216. The van der Waals surface area contributed by atoms with E-state index in [0.717, 1.165) is 38.7 Å². The van der Waals surface area contributed by atoms with E-state index in [1.54, 1.807) is 0 Å². The van der Waals surface area contributed by atoms with Gasteiger partial charge in [-0.05, 0) is 32.1 Å². The molecule has 1 aliphatic carbocycles. The van der Waals surface area contributed by atoms with E-state index in [0.29, 0.717) is 6.61 Å². The maximum Gasteiger partial charge on any atom is 0.0886 e. The molecule has 1 rings (SSSR count). The Morgan fingerprint density at radius 2 is 2.00 bits per heavy atom. The Labute approximate surface area is 114 Å². The number of aliphatic hydroxyl groups excluding tert-OH is 1. The van der Waals surface area contributed by atoms with E-state index in [4.69, 9.17) is 9.84 Å². The summed E-state index contributed by atoms with van der Waals surface area (Å²) in [5.74, 6) is 0. The Kier molecular flexibility index (Phi) is 9.03. The molecule has 0 aromatic heterocycles. The van der Waals surface area contributed by atoms with Gasteiger partial charge in [0.2, 0.25) is 0 Å². The second kappa shape index (κ2) is 10.1. The molecule has 0 bridgehead atoms. The number of ether oxygens (including phenoxy) is 1. The molecule has 0 amide bonds. The summed E-state index contributed by atoms with van der Waals surface area (Å²) in [6.45, 7) is 1.16. The summed E-state index contributed by atoms with van der Waals surface area (Å²) >= 11 is 3.64. The van der Waals surface area contributed by atoms with E-state index in [1.165, 1.54) is 30.2 Å². The number of allylic oxidation sites excluding steroid dienone is 1. The van der Waals surface area contributed by atoms with Crippen molar-refractivity contribution in [2.75, 3.05) is 13.2 Å². The molecule has 0 aromatic carbocycles. The first-order valence-electron chi connectivity index (χ1n) is 6.92. The van der Waals surface area contributed by atoms with Crippen LogP contribution in [0, 0.1) is 0 Å². The summed E-state index contributed by atoms with van der Waals surface area (Å²) in [6.07, 6.45) is 13.1. The van der Waals surface area contributed by atoms with Crippen molar-refractivity contribution in [3.05, 3.63) is 10.6 Å². The molecule has 0 saturated carbocycles. The number of rotatable bonds is 7. The van der Waals surface area contributed by atoms with Gasteiger partial charge in [-0.3, -0.25) is 0 Å². The molecule has 0 spiro atoms. The van der Waals surface area contributed by atoms with E-state index in [1.807, 2.05) is 0 Å². The molecule has 0 heterocycles. The number of hydrogen-bond acceptors (Lipinski definition) is 2. The van der Waals surface area contributed by atoms with Gasteiger partial charge in [0, 0.05) is 17.7 Å². The van der Waals surface area contributed by atoms with Gasteiger partial charge in [0.25, 0.3) is 0 Å². The normalized spacial score (nSPS) is 24.8. The summed E-state index contributed by atoms with van der Waals surface area (Å²) in [5, 5.41) is 8.67. The zero-order chi connectivity index (χ0) is 12.3. The summed E-state index contributed by atoms with van der Waals surface area (Å²) < 4.78 is 7.18. The average Bonchev–Trinajstić information content (AvgIpc) is 2.32. The van der Waals surface area contributed by atoms with Crippen LogP contribution in [0.3, 0.4) is 0 Å². The third kappa shape index (κ3) is 7.22. The topological polar surface area (TPSA) is 29.5 Å². The maximum atomic E-state index is 8.67. The Balaban J connectivity index is 2.13. The van der Waals surface area contributed by atoms with Crippen LogP contribution >= 0.6 is 15.9 Å². The maximum absolute atomic E-state index is 8.67. The molecule has 1 unspecified atom stereocenters. The van der Waals surface area contributed by atoms with Gasteiger partial charge >= 0.3 is 0 Å². The molecule has 1 atom stereocenters. The minimum Gasteiger partial charge on any atom is -0.396 e. The van der Waals surface area contributed by atoms with Crippen molar-refractivity contribution < 1.29 is 9.84 Å². The Morgan fingerprint density at radius 3 is 2.82 bits per heavy atom. The van der Waals surface area contributed by atoms with Crippen molar-refractivity contribution in [2.24, 2.45) is 0 Å². The van der Waals surface area contributed by atoms with Crippen molar-refractivity contribution in [1.82, 2.24) is 0 Å². The Morgan fingerprint density at radius 1 is 1.18 bits per heavy atom.